The van der Waals surface area contributed by atoms with Gasteiger partial charge < -0.3 is 10.3 Å². The smallest absolute Gasteiger partial charge is 0.338 e. The molecule has 2 N–H and O–H groups in total. The number of halogens is 3. The van der Waals surface area contributed by atoms with Crippen LogP contribution in [0.3, 0.4) is 0 Å². The van der Waals surface area contributed by atoms with E-state index in [-0.39, 0.29) is 17.3 Å². The SMILES string of the molecule is CC1(C)CN(Cc2nc(-c3ccc(C(F)(F)F)cc3)no2)CCC1N. The fourth-order valence-electron chi connectivity index (χ4n) is 3.06. The third-order valence-electron chi connectivity index (χ3n) is 4.69. The highest BCUT2D eigenvalue weighted by Gasteiger charge is 2.34. The van der Waals surface area contributed by atoms with Crippen molar-refractivity contribution in [2.24, 2.45) is 11.1 Å². The number of hydrogen-bond acceptors (Lipinski definition) is 5. The van der Waals surface area contributed by atoms with Crippen molar-refractivity contribution >= 4 is 0 Å². The van der Waals surface area contributed by atoms with Gasteiger partial charge in [0.25, 0.3) is 0 Å². The largest absolute Gasteiger partial charge is 0.416 e. The molecule has 0 saturated carbocycles. The number of aromatic nitrogens is 2. The summed E-state index contributed by atoms with van der Waals surface area (Å²) in [6.07, 6.45) is -3.46. The molecule has 0 radical (unpaired) electrons. The average Bonchev–Trinajstić information content (AvgIpc) is 2.98. The van der Waals surface area contributed by atoms with Crippen LogP contribution in [0.25, 0.3) is 11.4 Å². The third-order valence-corrected chi connectivity index (χ3v) is 4.69. The first-order chi connectivity index (χ1) is 11.6. The highest BCUT2D eigenvalue weighted by molar-refractivity contribution is 5.54. The van der Waals surface area contributed by atoms with Gasteiger partial charge in [-0.1, -0.05) is 31.1 Å². The summed E-state index contributed by atoms with van der Waals surface area (Å²) >= 11 is 0. The van der Waals surface area contributed by atoms with Crippen LogP contribution in [0.1, 0.15) is 31.7 Å². The van der Waals surface area contributed by atoms with E-state index in [1.807, 2.05) is 0 Å². The Morgan fingerprint density at radius 1 is 1.28 bits per heavy atom. The van der Waals surface area contributed by atoms with Crippen molar-refractivity contribution in [3.63, 3.8) is 0 Å². The predicted molar refractivity (Wildman–Crippen MR) is 86.4 cm³/mol. The van der Waals surface area contributed by atoms with E-state index in [1.165, 1.54) is 12.1 Å². The zero-order chi connectivity index (χ0) is 18.2. The number of nitrogens with two attached hydrogens (primary N) is 1. The summed E-state index contributed by atoms with van der Waals surface area (Å²) in [6.45, 7) is 6.44. The number of benzene rings is 1. The summed E-state index contributed by atoms with van der Waals surface area (Å²) in [5.41, 5.74) is 5.93. The molecule has 0 bridgehead atoms. The molecule has 1 aromatic carbocycles. The number of nitrogens with zero attached hydrogens (tertiary/aromatic N) is 3. The third kappa shape index (κ3) is 4.01. The van der Waals surface area contributed by atoms with Gasteiger partial charge in [-0.25, -0.2) is 0 Å². The topological polar surface area (TPSA) is 68.2 Å². The zero-order valence-electron chi connectivity index (χ0n) is 14.2. The Hall–Kier alpha value is -1.93. The molecule has 1 aromatic heterocycles. The van der Waals surface area contributed by atoms with Gasteiger partial charge in [0.2, 0.25) is 11.7 Å². The second-order valence-electron chi connectivity index (χ2n) is 7.18. The maximum atomic E-state index is 12.6. The maximum absolute atomic E-state index is 12.6. The van der Waals surface area contributed by atoms with Crippen LogP contribution < -0.4 is 5.73 Å². The normalized spacial score (nSPS) is 21.4. The maximum Gasteiger partial charge on any atom is 0.416 e. The molecule has 1 aliphatic heterocycles. The number of piperidine rings is 1. The molecule has 25 heavy (non-hydrogen) atoms. The molecule has 8 heteroatoms. The minimum absolute atomic E-state index is 0.00846. The van der Waals surface area contributed by atoms with Gasteiger partial charge in [-0.2, -0.15) is 18.2 Å². The van der Waals surface area contributed by atoms with E-state index in [0.29, 0.717) is 18.0 Å². The molecular formula is C17H21F3N4O. The fraction of sp³-hybridized carbons (Fsp3) is 0.529. The highest BCUT2D eigenvalue weighted by Crippen LogP contribution is 2.31. The Morgan fingerprint density at radius 2 is 1.96 bits per heavy atom. The Bertz CT molecular complexity index is 724. The molecule has 1 saturated heterocycles. The minimum Gasteiger partial charge on any atom is -0.338 e. The van der Waals surface area contributed by atoms with Gasteiger partial charge in [-0.15, -0.1) is 0 Å². The van der Waals surface area contributed by atoms with Gasteiger partial charge in [0, 0.05) is 24.7 Å². The molecule has 0 spiro atoms. The second-order valence-corrected chi connectivity index (χ2v) is 7.18. The summed E-state index contributed by atoms with van der Waals surface area (Å²) in [5, 5.41) is 3.88. The highest BCUT2D eigenvalue weighted by atomic mass is 19.4. The molecule has 1 unspecified atom stereocenters. The fourth-order valence-corrected chi connectivity index (χ4v) is 3.06. The molecule has 5 nitrogen and oxygen atoms in total. The van der Waals surface area contributed by atoms with Gasteiger partial charge in [0.15, 0.2) is 0 Å². The van der Waals surface area contributed by atoms with Crippen LogP contribution in [-0.4, -0.2) is 34.2 Å². The Labute approximate surface area is 144 Å². The second kappa shape index (κ2) is 6.42. The van der Waals surface area contributed by atoms with Crippen molar-refractivity contribution in [2.75, 3.05) is 13.1 Å². The first-order valence-corrected chi connectivity index (χ1v) is 8.13. The van der Waals surface area contributed by atoms with E-state index >= 15 is 0 Å². The zero-order valence-corrected chi connectivity index (χ0v) is 14.2. The summed E-state index contributed by atoms with van der Waals surface area (Å²) in [7, 11) is 0. The van der Waals surface area contributed by atoms with Crippen LogP contribution >= 0.6 is 0 Å². The molecule has 1 atom stereocenters. The number of hydrogen-bond donors (Lipinski definition) is 1. The average molecular weight is 354 g/mol. The van der Waals surface area contributed by atoms with Crippen LogP contribution in [0.4, 0.5) is 13.2 Å². The molecular weight excluding hydrogens is 333 g/mol. The van der Waals surface area contributed by atoms with Crippen LogP contribution in [0.5, 0.6) is 0 Å². The predicted octanol–water partition coefficient (Wildman–Crippen LogP) is 3.31. The Balaban J connectivity index is 1.68. The Morgan fingerprint density at radius 3 is 2.56 bits per heavy atom. The van der Waals surface area contributed by atoms with Crippen molar-refractivity contribution < 1.29 is 17.7 Å². The van der Waals surface area contributed by atoms with Gasteiger partial charge >= 0.3 is 6.18 Å². The first kappa shape index (κ1) is 17.9. The summed E-state index contributed by atoms with van der Waals surface area (Å²) in [6, 6.07) is 4.88. The lowest BCUT2D eigenvalue weighted by molar-refractivity contribution is -0.137. The first-order valence-electron chi connectivity index (χ1n) is 8.13. The monoisotopic (exact) mass is 354 g/mol. The molecule has 1 fully saturated rings. The number of alkyl halides is 3. The minimum atomic E-state index is -4.36. The van der Waals surface area contributed by atoms with E-state index in [4.69, 9.17) is 10.3 Å². The molecule has 3 rings (SSSR count). The van der Waals surface area contributed by atoms with E-state index in [1.54, 1.807) is 0 Å². The summed E-state index contributed by atoms with van der Waals surface area (Å²) < 4.78 is 43.1. The van der Waals surface area contributed by atoms with Gasteiger partial charge in [0.1, 0.15) is 0 Å². The van der Waals surface area contributed by atoms with Crippen molar-refractivity contribution in [1.29, 1.82) is 0 Å². The van der Waals surface area contributed by atoms with Crippen LogP contribution in [0.2, 0.25) is 0 Å². The van der Waals surface area contributed by atoms with Crippen molar-refractivity contribution in [1.82, 2.24) is 15.0 Å². The van der Waals surface area contributed by atoms with E-state index in [2.05, 4.69) is 28.9 Å². The summed E-state index contributed by atoms with van der Waals surface area (Å²) in [5.74, 6) is 0.734. The molecule has 136 valence electrons. The number of likely N-dealkylation sites (tertiary alicyclic amines) is 1. The molecule has 1 aliphatic rings. The molecule has 2 aromatic rings. The standard InChI is InChI=1S/C17H21F3N4O/c1-16(2)10-24(8-7-13(16)21)9-14-22-15(23-25-14)11-3-5-12(6-4-11)17(18,19)20/h3-6,13H,7-10,21H2,1-2H3. The molecule has 2 heterocycles. The van der Waals surface area contributed by atoms with Gasteiger partial charge in [-0.3, -0.25) is 4.90 Å². The molecule has 0 aliphatic carbocycles. The number of rotatable bonds is 3. The van der Waals surface area contributed by atoms with E-state index in [0.717, 1.165) is 31.6 Å². The van der Waals surface area contributed by atoms with Crippen molar-refractivity contribution in [2.45, 2.75) is 39.0 Å². The lowest BCUT2D eigenvalue weighted by atomic mass is 9.80. The van der Waals surface area contributed by atoms with E-state index in [9.17, 15) is 13.2 Å². The van der Waals surface area contributed by atoms with Crippen LogP contribution in [0.15, 0.2) is 28.8 Å². The van der Waals surface area contributed by atoms with Gasteiger partial charge in [0.05, 0.1) is 12.1 Å². The van der Waals surface area contributed by atoms with Crippen molar-refractivity contribution in [3.05, 3.63) is 35.7 Å². The Kier molecular flexibility index (Phi) is 4.59. The van der Waals surface area contributed by atoms with Crippen molar-refractivity contribution in [3.8, 4) is 11.4 Å². The summed E-state index contributed by atoms with van der Waals surface area (Å²) in [4.78, 5) is 6.50. The van der Waals surface area contributed by atoms with E-state index < -0.39 is 11.7 Å². The lowest BCUT2D eigenvalue weighted by Crippen LogP contribution is -2.52. The van der Waals surface area contributed by atoms with Crippen LogP contribution in [0, 0.1) is 5.41 Å². The molecule has 0 amide bonds. The van der Waals surface area contributed by atoms with Gasteiger partial charge in [-0.05, 0) is 24.0 Å². The van der Waals surface area contributed by atoms with Crippen LogP contribution in [-0.2, 0) is 12.7 Å². The lowest BCUT2D eigenvalue weighted by Gasteiger charge is -2.42. The quantitative estimate of drug-likeness (QED) is 0.916.